The lowest BCUT2D eigenvalue weighted by Crippen LogP contribution is -2.25. The highest BCUT2D eigenvalue weighted by Crippen LogP contribution is 2.32. The smallest absolute Gasteiger partial charge is 0.318 e. The van der Waals surface area contributed by atoms with Gasteiger partial charge in [-0.2, -0.15) is 23.5 Å². The molecule has 6 nitrogen and oxygen atoms in total. The number of nitriles is 1. The van der Waals surface area contributed by atoms with Crippen LogP contribution in [0.2, 0.25) is 0 Å². The highest BCUT2D eigenvalue weighted by molar-refractivity contribution is 6.03. The van der Waals surface area contributed by atoms with E-state index in [-0.39, 0.29) is 23.0 Å². The highest BCUT2D eigenvalue weighted by atomic mass is 19.4. The average molecular weight is 534 g/mol. The zero-order valence-electron chi connectivity index (χ0n) is 20.5. The van der Waals surface area contributed by atoms with E-state index in [1.54, 1.807) is 6.07 Å². The number of hydrogen-bond acceptors (Lipinski definition) is 4. The highest BCUT2D eigenvalue weighted by Gasteiger charge is 2.36. The topological polar surface area (TPSA) is 82.7 Å². The molecule has 2 N–H and O–H groups in total. The third kappa shape index (κ3) is 5.99. The molecular weight excluding hydrogens is 510 g/mol. The van der Waals surface area contributed by atoms with Gasteiger partial charge in [-0.1, -0.05) is 42.5 Å². The Hall–Kier alpha value is -4.49. The summed E-state index contributed by atoms with van der Waals surface area (Å²) >= 11 is 0. The maximum absolute atomic E-state index is 15.2. The van der Waals surface area contributed by atoms with Gasteiger partial charge in [-0.15, -0.1) is 0 Å². The molecule has 1 unspecified atom stereocenters. The van der Waals surface area contributed by atoms with Crippen LogP contribution >= 0.6 is 0 Å². The Morgan fingerprint density at radius 1 is 1.03 bits per heavy atom. The number of benzene rings is 3. The molecule has 39 heavy (non-hydrogen) atoms. The lowest BCUT2D eigenvalue weighted by Gasteiger charge is -2.20. The van der Waals surface area contributed by atoms with Crippen molar-refractivity contribution in [3.05, 3.63) is 113 Å². The van der Waals surface area contributed by atoms with Crippen LogP contribution in [0.5, 0.6) is 0 Å². The molecule has 1 aliphatic carbocycles. The zero-order chi connectivity index (χ0) is 27.6. The van der Waals surface area contributed by atoms with Crippen molar-refractivity contribution in [1.29, 1.82) is 5.26 Å². The van der Waals surface area contributed by atoms with Crippen molar-refractivity contribution < 1.29 is 22.4 Å². The molecule has 1 fully saturated rings. The lowest BCUT2D eigenvalue weighted by molar-refractivity contribution is -0.141. The molecule has 198 valence electrons. The van der Waals surface area contributed by atoms with Gasteiger partial charge in [0.05, 0.1) is 29.0 Å². The summed E-state index contributed by atoms with van der Waals surface area (Å²) in [7, 11) is 0. The zero-order valence-corrected chi connectivity index (χ0v) is 20.5. The molecule has 1 aliphatic rings. The molecule has 1 atom stereocenters. The van der Waals surface area contributed by atoms with Crippen molar-refractivity contribution in [3.8, 4) is 11.8 Å². The minimum Gasteiger partial charge on any atom is -0.318 e. The van der Waals surface area contributed by atoms with Crippen molar-refractivity contribution in [2.45, 2.75) is 25.1 Å². The number of alkyl halides is 3. The van der Waals surface area contributed by atoms with E-state index in [1.807, 2.05) is 36.4 Å². The van der Waals surface area contributed by atoms with Crippen molar-refractivity contribution >= 4 is 11.6 Å². The second-order valence-electron chi connectivity index (χ2n) is 9.38. The van der Waals surface area contributed by atoms with Gasteiger partial charge in [0.2, 0.25) is 0 Å². The summed E-state index contributed by atoms with van der Waals surface area (Å²) in [6, 6.07) is 21.8. The first kappa shape index (κ1) is 26.1. The van der Waals surface area contributed by atoms with Gasteiger partial charge >= 0.3 is 6.18 Å². The van der Waals surface area contributed by atoms with Gasteiger partial charge in [-0.25, -0.2) is 9.07 Å². The number of hydrogen-bond donors (Lipinski definition) is 2. The SMILES string of the molecule is N#Cc1cccc(-n2nc(C(F)(F)F)cc2C(=O)Nc2ccc(C(NCC3CC3)c3ccccc3)cc2F)c1. The number of nitrogens with zero attached hydrogens (tertiary/aromatic N) is 3. The van der Waals surface area contributed by atoms with Crippen LogP contribution in [-0.4, -0.2) is 22.2 Å². The van der Waals surface area contributed by atoms with Gasteiger partial charge in [0, 0.05) is 6.07 Å². The molecule has 3 aromatic carbocycles. The second-order valence-corrected chi connectivity index (χ2v) is 9.38. The van der Waals surface area contributed by atoms with Crippen LogP contribution in [0.25, 0.3) is 5.69 Å². The van der Waals surface area contributed by atoms with Crippen LogP contribution < -0.4 is 10.6 Å². The number of halogens is 4. The predicted octanol–water partition coefficient (Wildman–Crippen LogP) is 6.24. The number of carbonyl (C=O) groups is 1. The standard InChI is InChI=1S/C29H23F4N5O/c30-23-14-21(27(35-17-18-9-10-18)20-6-2-1-3-7-20)11-12-24(23)36-28(39)25-15-26(29(31,32)33)37-38(25)22-8-4-5-19(13-22)16-34/h1-8,11-15,18,27,35H,9-10,17H2,(H,36,39). The average Bonchev–Trinajstić information content (AvgIpc) is 3.64. The number of nitrogens with one attached hydrogen (secondary N) is 2. The summed E-state index contributed by atoms with van der Waals surface area (Å²) in [6.07, 6.45) is -2.51. The summed E-state index contributed by atoms with van der Waals surface area (Å²) in [4.78, 5) is 13.1. The first-order valence-electron chi connectivity index (χ1n) is 12.3. The number of amides is 1. The minimum absolute atomic E-state index is 0.0814. The van der Waals surface area contributed by atoms with Crippen molar-refractivity contribution in [2.24, 2.45) is 5.92 Å². The Morgan fingerprint density at radius 3 is 2.46 bits per heavy atom. The Morgan fingerprint density at radius 2 is 1.79 bits per heavy atom. The van der Waals surface area contributed by atoms with Gasteiger partial charge in [-0.3, -0.25) is 4.79 Å². The van der Waals surface area contributed by atoms with E-state index in [4.69, 9.17) is 5.26 Å². The van der Waals surface area contributed by atoms with Gasteiger partial charge in [0.15, 0.2) is 5.69 Å². The summed E-state index contributed by atoms with van der Waals surface area (Å²) in [6.45, 7) is 0.790. The molecule has 0 saturated heterocycles. The lowest BCUT2D eigenvalue weighted by atomic mass is 9.98. The number of carbonyl (C=O) groups excluding carboxylic acids is 1. The van der Waals surface area contributed by atoms with Gasteiger partial charge in [-0.05, 0) is 66.8 Å². The number of anilines is 1. The van der Waals surface area contributed by atoms with E-state index in [9.17, 15) is 18.0 Å². The van der Waals surface area contributed by atoms with E-state index in [1.165, 1.54) is 36.4 Å². The fourth-order valence-electron chi connectivity index (χ4n) is 4.26. The van der Waals surface area contributed by atoms with Crippen LogP contribution in [0.1, 0.15) is 51.8 Å². The van der Waals surface area contributed by atoms with E-state index in [0.717, 1.165) is 29.6 Å². The molecule has 1 amide bonds. The molecule has 0 spiro atoms. The molecule has 0 bridgehead atoms. The summed E-state index contributed by atoms with van der Waals surface area (Å²) in [5.41, 5.74) is -0.0874. The van der Waals surface area contributed by atoms with Crippen molar-refractivity contribution in [1.82, 2.24) is 15.1 Å². The van der Waals surface area contributed by atoms with Crippen molar-refractivity contribution in [3.63, 3.8) is 0 Å². The minimum atomic E-state index is -4.82. The first-order chi connectivity index (χ1) is 18.7. The third-order valence-corrected chi connectivity index (χ3v) is 6.47. The van der Waals surface area contributed by atoms with Crippen LogP contribution in [0.3, 0.4) is 0 Å². The molecule has 10 heteroatoms. The number of rotatable bonds is 8. The van der Waals surface area contributed by atoms with Crippen LogP contribution in [0, 0.1) is 23.1 Å². The van der Waals surface area contributed by atoms with E-state index >= 15 is 4.39 Å². The quantitative estimate of drug-likeness (QED) is 0.263. The maximum atomic E-state index is 15.2. The van der Waals surface area contributed by atoms with Crippen molar-refractivity contribution in [2.75, 3.05) is 11.9 Å². The molecule has 1 aromatic heterocycles. The fourth-order valence-corrected chi connectivity index (χ4v) is 4.26. The molecule has 1 saturated carbocycles. The summed E-state index contributed by atoms with van der Waals surface area (Å²) < 4.78 is 56.4. The maximum Gasteiger partial charge on any atom is 0.435 e. The van der Waals surface area contributed by atoms with Crippen LogP contribution in [0.15, 0.2) is 78.9 Å². The molecule has 0 radical (unpaired) electrons. The Kier molecular flexibility index (Phi) is 7.17. The predicted molar refractivity (Wildman–Crippen MR) is 137 cm³/mol. The monoisotopic (exact) mass is 533 g/mol. The Labute approximate surface area is 221 Å². The normalized spacial score (nSPS) is 14.0. The third-order valence-electron chi connectivity index (χ3n) is 6.47. The van der Waals surface area contributed by atoms with Crippen LogP contribution in [0.4, 0.5) is 23.2 Å². The molecule has 5 rings (SSSR count). The van der Waals surface area contributed by atoms with Crippen LogP contribution in [-0.2, 0) is 6.18 Å². The second kappa shape index (κ2) is 10.7. The summed E-state index contributed by atoms with van der Waals surface area (Å²) in [5.74, 6) is -1.12. The van der Waals surface area contributed by atoms with Gasteiger partial charge in [0.1, 0.15) is 11.5 Å². The van der Waals surface area contributed by atoms with Gasteiger partial charge < -0.3 is 10.6 Å². The fraction of sp³-hybridized carbons (Fsp3) is 0.207. The molecule has 4 aromatic rings. The first-order valence-corrected chi connectivity index (χ1v) is 12.3. The van der Waals surface area contributed by atoms with Gasteiger partial charge in [0.25, 0.3) is 5.91 Å². The van der Waals surface area contributed by atoms with E-state index in [2.05, 4.69) is 15.7 Å². The molecular formula is C29H23F4N5O. The van der Waals surface area contributed by atoms with E-state index < -0.39 is 29.3 Å². The number of aromatic nitrogens is 2. The van der Waals surface area contributed by atoms with E-state index in [0.29, 0.717) is 17.5 Å². The largest absolute Gasteiger partial charge is 0.435 e. The molecule has 1 heterocycles. The molecule has 0 aliphatic heterocycles. The Balaban J connectivity index is 1.43. The summed E-state index contributed by atoms with van der Waals surface area (Å²) in [5, 5.41) is 18.6. The Bertz CT molecular complexity index is 1540.